The van der Waals surface area contributed by atoms with Crippen LogP contribution in [-0.2, 0) is 22.5 Å². The molecule has 2 aromatic carbocycles. The Hall–Kier alpha value is -3.93. The van der Waals surface area contributed by atoms with Gasteiger partial charge in [0.2, 0.25) is 0 Å². The van der Waals surface area contributed by atoms with Crippen LogP contribution in [0.2, 0.25) is 0 Å². The van der Waals surface area contributed by atoms with Gasteiger partial charge in [0.05, 0.1) is 5.71 Å². The quantitative estimate of drug-likeness (QED) is 0.274. The molecule has 168 valence electrons. The molecular formula is C27H26N2O4. The molecule has 0 bridgehead atoms. The molecule has 0 fully saturated rings. The minimum atomic E-state index is -0.981. The molecule has 1 aromatic heterocycles. The average Bonchev–Trinajstić information content (AvgIpc) is 2.85. The van der Waals surface area contributed by atoms with Gasteiger partial charge in [0, 0.05) is 36.4 Å². The van der Waals surface area contributed by atoms with Crippen LogP contribution >= 0.6 is 0 Å². The highest BCUT2D eigenvalue weighted by atomic mass is 16.6. The summed E-state index contributed by atoms with van der Waals surface area (Å²) < 4.78 is 5.49. The van der Waals surface area contributed by atoms with Crippen LogP contribution in [0.5, 0.6) is 5.75 Å². The van der Waals surface area contributed by atoms with E-state index in [1.165, 1.54) is 5.57 Å². The van der Waals surface area contributed by atoms with Crippen molar-refractivity contribution in [2.75, 3.05) is 13.2 Å². The van der Waals surface area contributed by atoms with E-state index >= 15 is 0 Å². The van der Waals surface area contributed by atoms with Crippen molar-refractivity contribution in [2.24, 2.45) is 5.16 Å². The number of ether oxygens (including phenoxy) is 1. The number of allylic oxidation sites excluding steroid dienone is 1. The van der Waals surface area contributed by atoms with Gasteiger partial charge in [0.25, 0.3) is 0 Å². The van der Waals surface area contributed by atoms with Crippen LogP contribution < -0.4 is 4.74 Å². The summed E-state index contributed by atoms with van der Waals surface area (Å²) in [6.45, 7) is 0.0932. The lowest BCUT2D eigenvalue weighted by molar-refractivity contribution is -0.139. The van der Waals surface area contributed by atoms with Crippen molar-refractivity contribution >= 4 is 17.3 Å². The summed E-state index contributed by atoms with van der Waals surface area (Å²) in [7, 11) is 0. The van der Waals surface area contributed by atoms with Crippen LogP contribution in [0.4, 0.5) is 0 Å². The van der Waals surface area contributed by atoms with Gasteiger partial charge in [-0.25, -0.2) is 4.79 Å². The minimum Gasteiger partial charge on any atom is -0.482 e. The molecule has 0 saturated carbocycles. The fraction of sp³-hybridized carbons (Fsp3) is 0.222. The number of carbonyl (C=O) groups is 1. The molecule has 1 heterocycles. The number of rotatable bonds is 10. The molecule has 0 spiro atoms. The largest absolute Gasteiger partial charge is 0.482 e. The Morgan fingerprint density at radius 3 is 2.73 bits per heavy atom. The monoisotopic (exact) mass is 442 g/mol. The van der Waals surface area contributed by atoms with E-state index in [0.717, 1.165) is 40.8 Å². The lowest BCUT2D eigenvalue weighted by Gasteiger charge is -2.20. The van der Waals surface area contributed by atoms with Crippen molar-refractivity contribution < 1.29 is 19.5 Å². The smallest absolute Gasteiger partial charge is 0.341 e. The Balaban J connectivity index is 1.43. The molecular weight excluding hydrogens is 416 g/mol. The van der Waals surface area contributed by atoms with Crippen LogP contribution in [0.3, 0.4) is 0 Å². The van der Waals surface area contributed by atoms with Gasteiger partial charge in [-0.3, -0.25) is 4.98 Å². The van der Waals surface area contributed by atoms with E-state index in [9.17, 15) is 4.79 Å². The molecule has 0 saturated heterocycles. The second-order valence-electron chi connectivity index (χ2n) is 7.76. The number of aliphatic carboxylic acids is 1. The molecule has 1 N–H and O–H groups in total. The fourth-order valence-corrected chi connectivity index (χ4v) is 3.93. The van der Waals surface area contributed by atoms with E-state index in [-0.39, 0.29) is 6.61 Å². The third-order valence-corrected chi connectivity index (χ3v) is 5.46. The number of hydrogen-bond donors (Lipinski definition) is 1. The minimum absolute atomic E-state index is 0.341. The molecule has 0 amide bonds. The lowest BCUT2D eigenvalue weighted by atomic mass is 9.89. The van der Waals surface area contributed by atoms with E-state index < -0.39 is 5.97 Å². The summed E-state index contributed by atoms with van der Waals surface area (Å²) >= 11 is 0. The predicted octanol–water partition coefficient (Wildman–Crippen LogP) is 4.93. The van der Waals surface area contributed by atoms with Crippen LogP contribution in [0.15, 0.2) is 84.3 Å². The summed E-state index contributed by atoms with van der Waals surface area (Å²) in [6.07, 6.45) is 8.81. The summed E-state index contributed by atoms with van der Waals surface area (Å²) in [5.41, 5.74) is 6.23. The van der Waals surface area contributed by atoms with Crippen molar-refractivity contribution in [3.05, 3.63) is 101 Å². The molecule has 4 rings (SSSR count). The zero-order valence-corrected chi connectivity index (χ0v) is 18.3. The van der Waals surface area contributed by atoms with Crippen molar-refractivity contribution in [3.63, 3.8) is 0 Å². The standard InChI is InChI=1S/C27H26N2O4/c30-27(31)19-32-26-13-5-11-23-21(9-4-12-24(23)26)14-16-33-29-25(22-10-6-15-28-18-22)17-20-7-2-1-3-8-20/h1-3,5-11,13,15,18H,4,12,14,16-17,19H2,(H,30,31)/b29-25-. The van der Waals surface area contributed by atoms with Gasteiger partial charge in [-0.05, 0) is 47.7 Å². The van der Waals surface area contributed by atoms with Gasteiger partial charge in [-0.2, -0.15) is 0 Å². The number of fused-ring (bicyclic) bond motifs is 1. The first-order chi connectivity index (χ1) is 16.2. The van der Waals surface area contributed by atoms with Crippen LogP contribution in [-0.4, -0.2) is 35.0 Å². The first-order valence-electron chi connectivity index (χ1n) is 11.0. The Morgan fingerprint density at radius 1 is 1.06 bits per heavy atom. The maximum atomic E-state index is 10.9. The van der Waals surface area contributed by atoms with Gasteiger partial charge in [0.15, 0.2) is 6.61 Å². The summed E-state index contributed by atoms with van der Waals surface area (Å²) in [4.78, 5) is 20.9. The fourth-order valence-electron chi connectivity index (χ4n) is 3.93. The van der Waals surface area contributed by atoms with Crippen molar-refractivity contribution in [2.45, 2.75) is 25.7 Å². The van der Waals surface area contributed by atoms with Crippen LogP contribution in [0.25, 0.3) is 5.57 Å². The van der Waals surface area contributed by atoms with Gasteiger partial charge in [0.1, 0.15) is 12.4 Å². The molecule has 3 aromatic rings. The predicted molar refractivity (Wildman–Crippen MR) is 127 cm³/mol. The average molecular weight is 443 g/mol. The van der Waals surface area contributed by atoms with Gasteiger partial charge in [-0.1, -0.05) is 53.7 Å². The first kappa shape index (κ1) is 22.3. The highest BCUT2D eigenvalue weighted by Gasteiger charge is 2.17. The molecule has 33 heavy (non-hydrogen) atoms. The van der Waals surface area contributed by atoms with E-state index in [1.54, 1.807) is 12.4 Å². The van der Waals surface area contributed by atoms with Gasteiger partial charge in [-0.15, -0.1) is 0 Å². The number of carboxylic acids is 1. The molecule has 1 aliphatic rings. The first-order valence-corrected chi connectivity index (χ1v) is 11.0. The number of carboxylic acid groups (broad SMARTS) is 1. The number of pyridine rings is 1. The highest BCUT2D eigenvalue weighted by molar-refractivity contribution is 6.01. The topological polar surface area (TPSA) is 81.0 Å². The van der Waals surface area contributed by atoms with E-state index in [0.29, 0.717) is 25.2 Å². The molecule has 0 unspecified atom stereocenters. The second-order valence-corrected chi connectivity index (χ2v) is 7.76. The van der Waals surface area contributed by atoms with Crippen molar-refractivity contribution in [3.8, 4) is 5.75 Å². The summed E-state index contributed by atoms with van der Waals surface area (Å²) in [5, 5.41) is 13.4. The Kier molecular flexibility index (Phi) is 7.48. The molecule has 0 aliphatic heterocycles. The molecule has 6 heteroatoms. The third kappa shape index (κ3) is 6.07. The van der Waals surface area contributed by atoms with E-state index in [2.05, 4.69) is 28.3 Å². The van der Waals surface area contributed by atoms with E-state index in [1.807, 2.05) is 48.5 Å². The number of benzene rings is 2. The van der Waals surface area contributed by atoms with Gasteiger partial charge < -0.3 is 14.7 Å². The summed E-state index contributed by atoms with van der Waals surface area (Å²) in [6, 6.07) is 19.8. The third-order valence-electron chi connectivity index (χ3n) is 5.46. The molecule has 0 atom stereocenters. The Labute approximate surface area is 193 Å². The van der Waals surface area contributed by atoms with Crippen LogP contribution in [0, 0.1) is 0 Å². The zero-order chi connectivity index (χ0) is 22.9. The maximum Gasteiger partial charge on any atom is 0.341 e. The zero-order valence-electron chi connectivity index (χ0n) is 18.3. The molecule has 1 aliphatic carbocycles. The highest BCUT2D eigenvalue weighted by Crippen LogP contribution is 2.34. The lowest BCUT2D eigenvalue weighted by Crippen LogP contribution is -2.12. The maximum absolute atomic E-state index is 10.9. The number of nitrogens with zero attached hydrogens (tertiary/aromatic N) is 2. The molecule has 0 radical (unpaired) electrons. The number of oxime groups is 1. The van der Waals surface area contributed by atoms with Gasteiger partial charge >= 0.3 is 5.97 Å². The van der Waals surface area contributed by atoms with E-state index in [4.69, 9.17) is 14.7 Å². The Morgan fingerprint density at radius 2 is 1.94 bits per heavy atom. The number of hydrogen-bond acceptors (Lipinski definition) is 5. The summed E-state index contributed by atoms with van der Waals surface area (Å²) in [5.74, 6) is -0.341. The number of aromatic nitrogens is 1. The normalized spacial score (nSPS) is 13.1. The Bertz CT molecular complexity index is 1140. The molecule has 6 nitrogen and oxygen atoms in total. The second kappa shape index (κ2) is 11.1. The van der Waals surface area contributed by atoms with Crippen molar-refractivity contribution in [1.29, 1.82) is 0 Å². The van der Waals surface area contributed by atoms with Crippen LogP contribution in [0.1, 0.15) is 35.1 Å². The SMILES string of the molecule is O=C(O)COc1cccc2c1CCC=C2CCO/N=C(/Cc1ccccc1)c1cccnc1. The van der Waals surface area contributed by atoms with Crippen molar-refractivity contribution in [1.82, 2.24) is 4.98 Å².